The molecule has 0 radical (unpaired) electrons. The fourth-order valence-electron chi connectivity index (χ4n) is 2.76. The molecule has 0 bridgehead atoms. The molecule has 0 aliphatic carbocycles. The standard InChI is InChI=1S/C22H27N3O3/c1-22(2,3)28-21(26)25-18-13-23-20(24-14-18)17-9-11-19(12-10-17)27-15-16-7-5-4-6-8-16/h4-12,18H,13-15H2,1-3H3,(H,23,24)(H,25,26). The second kappa shape index (κ2) is 8.78. The van der Waals surface area contributed by atoms with Gasteiger partial charge in [0.15, 0.2) is 0 Å². The summed E-state index contributed by atoms with van der Waals surface area (Å²) >= 11 is 0. The predicted molar refractivity (Wildman–Crippen MR) is 110 cm³/mol. The molecular formula is C22H27N3O3. The van der Waals surface area contributed by atoms with Gasteiger partial charge in [-0.1, -0.05) is 30.3 Å². The number of nitrogens with zero attached hydrogens (tertiary/aromatic N) is 1. The zero-order chi connectivity index (χ0) is 20.0. The lowest BCUT2D eigenvalue weighted by Crippen LogP contribution is -2.50. The molecule has 2 aromatic rings. The molecule has 1 amide bonds. The Morgan fingerprint density at radius 1 is 1.14 bits per heavy atom. The molecule has 2 N–H and O–H groups in total. The summed E-state index contributed by atoms with van der Waals surface area (Å²) in [5.74, 6) is 1.63. The van der Waals surface area contributed by atoms with Crippen molar-refractivity contribution in [2.75, 3.05) is 13.1 Å². The lowest BCUT2D eigenvalue weighted by atomic mass is 10.1. The van der Waals surface area contributed by atoms with Crippen molar-refractivity contribution in [3.63, 3.8) is 0 Å². The zero-order valence-corrected chi connectivity index (χ0v) is 16.6. The molecule has 148 valence electrons. The number of aliphatic imine (C=N–C) groups is 1. The van der Waals surface area contributed by atoms with Crippen LogP contribution in [0.1, 0.15) is 31.9 Å². The van der Waals surface area contributed by atoms with E-state index in [0.29, 0.717) is 19.7 Å². The number of carbonyl (C=O) groups is 1. The van der Waals surface area contributed by atoms with Crippen LogP contribution < -0.4 is 15.4 Å². The summed E-state index contributed by atoms with van der Waals surface area (Å²) in [4.78, 5) is 16.4. The van der Waals surface area contributed by atoms with E-state index in [-0.39, 0.29) is 6.04 Å². The summed E-state index contributed by atoms with van der Waals surface area (Å²) in [6, 6.07) is 17.8. The van der Waals surface area contributed by atoms with Gasteiger partial charge < -0.3 is 20.1 Å². The minimum Gasteiger partial charge on any atom is -0.489 e. The number of amides is 1. The number of amidine groups is 1. The second-order valence-electron chi connectivity index (χ2n) is 7.71. The van der Waals surface area contributed by atoms with E-state index < -0.39 is 11.7 Å². The molecule has 1 heterocycles. The summed E-state index contributed by atoms with van der Waals surface area (Å²) in [7, 11) is 0. The van der Waals surface area contributed by atoms with E-state index in [1.807, 2.05) is 75.4 Å². The Kier molecular flexibility index (Phi) is 6.19. The van der Waals surface area contributed by atoms with E-state index in [1.165, 1.54) is 0 Å². The first-order valence-corrected chi connectivity index (χ1v) is 9.44. The fourth-order valence-corrected chi connectivity index (χ4v) is 2.76. The van der Waals surface area contributed by atoms with Crippen LogP contribution in [0.25, 0.3) is 0 Å². The number of benzene rings is 2. The largest absolute Gasteiger partial charge is 0.489 e. The molecule has 0 saturated carbocycles. The number of carbonyl (C=O) groups excluding carboxylic acids is 1. The Morgan fingerprint density at radius 3 is 2.46 bits per heavy atom. The topological polar surface area (TPSA) is 72.0 Å². The molecule has 6 heteroatoms. The van der Waals surface area contributed by atoms with E-state index in [1.54, 1.807) is 0 Å². The highest BCUT2D eigenvalue weighted by atomic mass is 16.6. The molecule has 0 saturated heterocycles. The first-order valence-electron chi connectivity index (χ1n) is 9.44. The highest BCUT2D eigenvalue weighted by molar-refractivity contribution is 5.99. The molecule has 1 unspecified atom stereocenters. The number of ether oxygens (including phenoxy) is 2. The molecule has 0 spiro atoms. The van der Waals surface area contributed by atoms with Crippen LogP contribution in [0.15, 0.2) is 59.6 Å². The van der Waals surface area contributed by atoms with Gasteiger partial charge in [0, 0.05) is 12.1 Å². The Labute approximate surface area is 166 Å². The summed E-state index contributed by atoms with van der Waals surface area (Å²) in [5, 5.41) is 6.11. The van der Waals surface area contributed by atoms with E-state index >= 15 is 0 Å². The highest BCUT2D eigenvalue weighted by Crippen LogP contribution is 2.15. The number of hydrogen-bond acceptors (Lipinski definition) is 5. The van der Waals surface area contributed by atoms with E-state index in [9.17, 15) is 4.79 Å². The first kappa shape index (κ1) is 19.7. The number of hydrogen-bond donors (Lipinski definition) is 2. The Balaban J connectivity index is 1.50. The SMILES string of the molecule is CC(C)(C)OC(=O)NC1CN=C(c2ccc(OCc3ccccc3)cc2)NC1. The number of alkyl carbamates (subject to hydrolysis) is 1. The first-order chi connectivity index (χ1) is 13.4. The molecule has 0 fully saturated rings. The van der Waals surface area contributed by atoms with Gasteiger partial charge in [0.05, 0.1) is 12.6 Å². The maximum atomic E-state index is 11.9. The maximum absolute atomic E-state index is 11.9. The monoisotopic (exact) mass is 381 g/mol. The molecule has 6 nitrogen and oxygen atoms in total. The smallest absolute Gasteiger partial charge is 0.407 e. The van der Waals surface area contributed by atoms with Crippen LogP contribution in [-0.4, -0.2) is 36.7 Å². The molecule has 1 aliphatic heterocycles. The van der Waals surface area contributed by atoms with Gasteiger partial charge in [-0.05, 0) is 50.6 Å². The van der Waals surface area contributed by atoms with Crippen molar-refractivity contribution in [3.05, 3.63) is 65.7 Å². The van der Waals surface area contributed by atoms with Crippen LogP contribution in [0.2, 0.25) is 0 Å². The van der Waals surface area contributed by atoms with Crippen molar-refractivity contribution in [3.8, 4) is 5.75 Å². The summed E-state index contributed by atoms with van der Waals surface area (Å²) in [6.07, 6.45) is -0.419. The van der Waals surface area contributed by atoms with Crippen LogP contribution in [0.5, 0.6) is 5.75 Å². The molecular weight excluding hydrogens is 354 g/mol. The minimum atomic E-state index is -0.509. The van der Waals surface area contributed by atoms with Gasteiger partial charge >= 0.3 is 6.09 Å². The molecule has 1 atom stereocenters. The fraction of sp³-hybridized carbons (Fsp3) is 0.364. The Morgan fingerprint density at radius 2 is 1.86 bits per heavy atom. The van der Waals surface area contributed by atoms with Crippen molar-refractivity contribution < 1.29 is 14.3 Å². The van der Waals surface area contributed by atoms with E-state index in [0.717, 1.165) is 22.7 Å². The third kappa shape index (κ3) is 6.01. The summed E-state index contributed by atoms with van der Waals surface area (Å²) < 4.78 is 11.1. The van der Waals surface area contributed by atoms with Crippen LogP contribution in [0.3, 0.4) is 0 Å². The highest BCUT2D eigenvalue weighted by Gasteiger charge is 2.22. The molecule has 0 aromatic heterocycles. The quantitative estimate of drug-likeness (QED) is 0.831. The van der Waals surface area contributed by atoms with Gasteiger partial charge in [-0.25, -0.2) is 4.79 Å². The van der Waals surface area contributed by atoms with E-state index in [2.05, 4.69) is 15.6 Å². The summed E-state index contributed by atoms with van der Waals surface area (Å²) in [6.45, 7) is 7.18. The normalized spacial score (nSPS) is 16.5. The Hall–Kier alpha value is -3.02. The predicted octanol–water partition coefficient (Wildman–Crippen LogP) is 3.51. The van der Waals surface area contributed by atoms with E-state index in [4.69, 9.17) is 9.47 Å². The molecule has 28 heavy (non-hydrogen) atoms. The number of nitrogens with one attached hydrogen (secondary N) is 2. The lowest BCUT2D eigenvalue weighted by molar-refractivity contribution is 0.0506. The lowest BCUT2D eigenvalue weighted by Gasteiger charge is -2.26. The summed E-state index contributed by atoms with van der Waals surface area (Å²) in [5.41, 5.74) is 1.61. The minimum absolute atomic E-state index is 0.0907. The third-order valence-electron chi connectivity index (χ3n) is 4.08. The van der Waals surface area contributed by atoms with Crippen molar-refractivity contribution in [2.24, 2.45) is 4.99 Å². The van der Waals surface area contributed by atoms with Gasteiger partial charge in [-0.3, -0.25) is 4.99 Å². The van der Waals surface area contributed by atoms with Crippen molar-refractivity contribution in [2.45, 2.75) is 39.0 Å². The van der Waals surface area contributed by atoms with Crippen molar-refractivity contribution >= 4 is 11.9 Å². The average Bonchev–Trinajstić information content (AvgIpc) is 2.67. The Bertz CT molecular complexity index is 811. The van der Waals surface area contributed by atoms with Crippen molar-refractivity contribution in [1.29, 1.82) is 0 Å². The number of rotatable bonds is 5. The van der Waals surface area contributed by atoms with Crippen LogP contribution in [0.4, 0.5) is 4.79 Å². The van der Waals surface area contributed by atoms with Gasteiger partial charge in [-0.2, -0.15) is 0 Å². The van der Waals surface area contributed by atoms with Gasteiger partial charge in [0.25, 0.3) is 0 Å². The third-order valence-corrected chi connectivity index (χ3v) is 4.08. The van der Waals surface area contributed by atoms with Gasteiger partial charge in [0.2, 0.25) is 0 Å². The molecule has 3 rings (SSSR count). The molecule has 1 aliphatic rings. The maximum Gasteiger partial charge on any atom is 0.407 e. The zero-order valence-electron chi connectivity index (χ0n) is 16.6. The molecule has 2 aromatic carbocycles. The van der Waals surface area contributed by atoms with Gasteiger partial charge in [-0.15, -0.1) is 0 Å². The second-order valence-corrected chi connectivity index (χ2v) is 7.71. The average molecular weight is 381 g/mol. The van der Waals surface area contributed by atoms with Crippen LogP contribution >= 0.6 is 0 Å². The van der Waals surface area contributed by atoms with Crippen molar-refractivity contribution in [1.82, 2.24) is 10.6 Å². The van der Waals surface area contributed by atoms with Gasteiger partial charge in [0.1, 0.15) is 23.8 Å². The van der Waals surface area contributed by atoms with Crippen LogP contribution in [0, 0.1) is 0 Å². The van der Waals surface area contributed by atoms with Crippen LogP contribution in [-0.2, 0) is 11.3 Å².